The number of carbonyl (C=O) groups is 1. The summed E-state index contributed by atoms with van der Waals surface area (Å²) in [4.78, 5) is 11.8. The minimum Gasteiger partial charge on any atom is -0.394 e. The van der Waals surface area contributed by atoms with E-state index in [1.165, 1.54) is 12.8 Å². The number of thioether (sulfide) groups is 1. The van der Waals surface area contributed by atoms with Crippen molar-refractivity contribution in [1.29, 1.82) is 0 Å². The predicted molar refractivity (Wildman–Crippen MR) is 77.0 cm³/mol. The maximum Gasteiger partial charge on any atom is 0.315 e. The van der Waals surface area contributed by atoms with Gasteiger partial charge in [0.1, 0.15) is 0 Å². The Balaban J connectivity index is 2.30. The first kappa shape index (κ1) is 15.6. The van der Waals surface area contributed by atoms with Gasteiger partial charge in [0.05, 0.1) is 12.6 Å². The molecular formula is C13H26N2O2S. The van der Waals surface area contributed by atoms with Gasteiger partial charge in [0.15, 0.2) is 0 Å². The Morgan fingerprint density at radius 3 is 2.83 bits per heavy atom. The quantitative estimate of drug-likeness (QED) is 0.695. The van der Waals surface area contributed by atoms with Crippen LogP contribution < -0.4 is 10.6 Å². The van der Waals surface area contributed by atoms with E-state index < -0.39 is 0 Å². The van der Waals surface area contributed by atoms with Gasteiger partial charge in [-0.15, -0.1) is 0 Å². The molecule has 2 amide bonds. The van der Waals surface area contributed by atoms with Crippen molar-refractivity contribution in [3.05, 3.63) is 0 Å². The second-order valence-corrected chi connectivity index (χ2v) is 6.42. The molecule has 1 aliphatic rings. The lowest BCUT2D eigenvalue weighted by molar-refractivity contribution is 0.209. The van der Waals surface area contributed by atoms with Crippen molar-refractivity contribution >= 4 is 17.8 Å². The third-order valence-electron chi connectivity index (χ3n) is 3.41. The third kappa shape index (κ3) is 5.48. The zero-order valence-corrected chi connectivity index (χ0v) is 12.3. The molecule has 0 bridgehead atoms. The van der Waals surface area contributed by atoms with Gasteiger partial charge in [-0.05, 0) is 31.4 Å². The number of hydrogen-bond acceptors (Lipinski definition) is 3. The average Bonchev–Trinajstić information content (AvgIpc) is 2.36. The average molecular weight is 274 g/mol. The Bertz CT molecular complexity index is 245. The highest BCUT2D eigenvalue weighted by atomic mass is 32.2. The lowest BCUT2D eigenvalue weighted by Crippen LogP contribution is -2.48. The molecule has 3 N–H and O–H groups in total. The van der Waals surface area contributed by atoms with Gasteiger partial charge in [0.25, 0.3) is 0 Å². The summed E-state index contributed by atoms with van der Waals surface area (Å²) in [5, 5.41) is 15.6. The first-order chi connectivity index (χ1) is 8.69. The zero-order chi connectivity index (χ0) is 13.4. The highest BCUT2D eigenvalue weighted by Crippen LogP contribution is 2.28. The van der Waals surface area contributed by atoms with E-state index >= 15 is 0 Å². The molecule has 4 nitrogen and oxygen atoms in total. The molecule has 0 aromatic rings. The zero-order valence-electron chi connectivity index (χ0n) is 11.4. The number of rotatable bonds is 6. The topological polar surface area (TPSA) is 61.4 Å². The fourth-order valence-corrected chi connectivity index (χ4v) is 3.53. The summed E-state index contributed by atoms with van der Waals surface area (Å²) in [5.74, 6) is 1.14. The van der Waals surface area contributed by atoms with Gasteiger partial charge in [0, 0.05) is 11.3 Å². The van der Waals surface area contributed by atoms with Gasteiger partial charge in [-0.25, -0.2) is 4.79 Å². The van der Waals surface area contributed by atoms with Crippen molar-refractivity contribution in [2.75, 3.05) is 12.4 Å². The van der Waals surface area contributed by atoms with E-state index in [1.807, 2.05) is 18.7 Å². The SMILES string of the molecule is CCS[C@H]1CCC[C@H](NC(=O)N[C@@H](CC)CO)C1. The molecular weight excluding hydrogens is 248 g/mol. The fourth-order valence-electron chi connectivity index (χ4n) is 2.35. The van der Waals surface area contributed by atoms with Gasteiger partial charge in [0.2, 0.25) is 0 Å². The summed E-state index contributed by atoms with van der Waals surface area (Å²) in [5.41, 5.74) is 0. The highest BCUT2D eigenvalue weighted by molar-refractivity contribution is 7.99. The van der Waals surface area contributed by atoms with E-state index in [9.17, 15) is 4.79 Å². The van der Waals surface area contributed by atoms with Gasteiger partial charge in [-0.3, -0.25) is 0 Å². The number of nitrogens with one attached hydrogen (secondary N) is 2. The second kappa shape index (κ2) is 8.64. The molecule has 1 aliphatic carbocycles. The predicted octanol–water partition coefficient (Wildman–Crippen LogP) is 2.12. The van der Waals surface area contributed by atoms with Crippen molar-refractivity contribution in [2.45, 2.75) is 63.3 Å². The lowest BCUT2D eigenvalue weighted by Gasteiger charge is -2.29. The van der Waals surface area contributed by atoms with E-state index in [1.54, 1.807) is 0 Å². The molecule has 0 heterocycles. The molecule has 0 radical (unpaired) electrons. The van der Waals surface area contributed by atoms with Gasteiger partial charge in [-0.1, -0.05) is 20.3 Å². The first-order valence-electron chi connectivity index (χ1n) is 6.99. The summed E-state index contributed by atoms with van der Waals surface area (Å²) >= 11 is 1.99. The molecule has 0 aromatic heterocycles. The number of hydrogen-bond donors (Lipinski definition) is 3. The van der Waals surface area contributed by atoms with Crippen molar-refractivity contribution in [1.82, 2.24) is 10.6 Å². The number of urea groups is 1. The van der Waals surface area contributed by atoms with Crippen molar-refractivity contribution in [3.8, 4) is 0 Å². The normalized spacial score (nSPS) is 25.5. The molecule has 0 saturated heterocycles. The molecule has 0 aromatic carbocycles. The Hall–Kier alpha value is -0.420. The lowest BCUT2D eigenvalue weighted by atomic mass is 9.95. The van der Waals surface area contributed by atoms with E-state index in [0.29, 0.717) is 11.3 Å². The molecule has 1 saturated carbocycles. The number of aliphatic hydroxyl groups is 1. The van der Waals surface area contributed by atoms with Crippen molar-refractivity contribution in [2.24, 2.45) is 0 Å². The third-order valence-corrected chi connectivity index (χ3v) is 4.64. The molecule has 18 heavy (non-hydrogen) atoms. The van der Waals surface area contributed by atoms with Crippen LogP contribution in [0.15, 0.2) is 0 Å². The van der Waals surface area contributed by atoms with E-state index in [2.05, 4.69) is 17.6 Å². The summed E-state index contributed by atoms with van der Waals surface area (Å²) in [6, 6.07) is 0.0245. The number of aliphatic hydroxyl groups excluding tert-OH is 1. The van der Waals surface area contributed by atoms with E-state index in [0.717, 1.165) is 25.0 Å². The minimum atomic E-state index is -0.136. The van der Waals surface area contributed by atoms with E-state index in [4.69, 9.17) is 5.11 Å². The van der Waals surface area contributed by atoms with Crippen LogP contribution in [0.3, 0.4) is 0 Å². The monoisotopic (exact) mass is 274 g/mol. The molecule has 5 heteroatoms. The summed E-state index contributed by atoms with van der Waals surface area (Å²) in [7, 11) is 0. The van der Waals surface area contributed by atoms with Crippen LogP contribution in [-0.2, 0) is 0 Å². The molecule has 106 valence electrons. The standard InChI is InChI=1S/C13H26N2O2S/c1-3-10(9-16)14-13(17)15-11-6-5-7-12(8-11)18-4-2/h10-12,16H,3-9H2,1-2H3,(H2,14,15,17)/t10-,11-,12-/m0/s1. The summed E-state index contributed by atoms with van der Waals surface area (Å²) in [6.45, 7) is 4.14. The van der Waals surface area contributed by atoms with Crippen LogP contribution in [0.1, 0.15) is 46.0 Å². The molecule has 0 spiro atoms. The van der Waals surface area contributed by atoms with Crippen LogP contribution in [0.4, 0.5) is 4.79 Å². The minimum absolute atomic E-state index is 0.00288. The number of carbonyl (C=O) groups excluding carboxylic acids is 1. The van der Waals surface area contributed by atoms with Gasteiger partial charge >= 0.3 is 6.03 Å². The Kier molecular flexibility index (Phi) is 7.51. The van der Waals surface area contributed by atoms with Crippen LogP contribution in [0.5, 0.6) is 0 Å². The Labute approximate surface area is 114 Å². The molecule has 1 fully saturated rings. The Morgan fingerprint density at radius 1 is 1.44 bits per heavy atom. The highest BCUT2D eigenvalue weighted by Gasteiger charge is 2.23. The van der Waals surface area contributed by atoms with Crippen molar-refractivity contribution < 1.29 is 9.90 Å². The second-order valence-electron chi connectivity index (χ2n) is 4.85. The smallest absolute Gasteiger partial charge is 0.315 e. The van der Waals surface area contributed by atoms with Crippen LogP contribution in [0, 0.1) is 0 Å². The van der Waals surface area contributed by atoms with Crippen LogP contribution in [0.2, 0.25) is 0 Å². The van der Waals surface area contributed by atoms with Crippen molar-refractivity contribution in [3.63, 3.8) is 0 Å². The fraction of sp³-hybridized carbons (Fsp3) is 0.923. The first-order valence-corrected chi connectivity index (χ1v) is 8.03. The maximum absolute atomic E-state index is 11.8. The maximum atomic E-state index is 11.8. The molecule has 0 unspecified atom stereocenters. The molecule has 1 rings (SSSR count). The summed E-state index contributed by atoms with van der Waals surface area (Å²) < 4.78 is 0. The largest absolute Gasteiger partial charge is 0.394 e. The molecule has 0 aliphatic heterocycles. The van der Waals surface area contributed by atoms with Gasteiger partial charge < -0.3 is 15.7 Å². The van der Waals surface area contributed by atoms with Crippen LogP contribution in [0.25, 0.3) is 0 Å². The Morgan fingerprint density at radius 2 is 2.22 bits per heavy atom. The summed E-state index contributed by atoms with van der Waals surface area (Å²) in [6.07, 6.45) is 5.36. The van der Waals surface area contributed by atoms with Gasteiger partial charge in [-0.2, -0.15) is 11.8 Å². The van der Waals surface area contributed by atoms with Crippen LogP contribution in [-0.4, -0.2) is 40.8 Å². The number of amides is 2. The molecule has 3 atom stereocenters. The van der Waals surface area contributed by atoms with Crippen LogP contribution >= 0.6 is 11.8 Å². The van der Waals surface area contributed by atoms with E-state index in [-0.39, 0.29) is 18.7 Å².